The number of benzene rings is 1. The van der Waals surface area contributed by atoms with E-state index in [9.17, 15) is 4.79 Å². The molecule has 1 amide bonds. The molecule has 1 saturated carbocycles. The minimum absolute atomic E-state index is 0.125. The molecule has 3 nitrogen and oxygen atoms in total. The number of carbonyl (C=O) groups is 1. The van der Waals surface area contributed by atoms with Gasteiger partial charge in [-0.1, -0.05) is 37.5 Å². The van der Waals surface area contributed by atoms with Crippen LogP contribution in [0.2, 0.25) is 0 Å². The summed E-state index contributed by atoms with van der Waals surface area (Å²) in [5.74, 6) is 0.413. The van der Waals surface area contributed by atoms with Gasteiger partial charge in [0.05, 0.1) is 0 Å². The second-order valence-corrected chi connectivity index (χ2v) is 4.93. The monoisotopic (exact) mass is 244 g/mol. The maximum Gasteiger partial charge on any atom is 0.271 e. The molecular weight excluding hydrogens is 224 g/mol. The van der Waals surface area contributed by atoms with E-state index < -0.39 is 0 Å². The average Bonchev–Trinajstić information content (AvgIpc) is 2.40. The Hall–Kier alpha value is -1.64. The van der Waals surface area contributed by atoms with Crippen molar-refractivity contribution in [1.82, 2.24) is 5.43 Å². The van der Waals surface area contributed by atoms with Crippen LogP contribution in [0.15, 0.2) is 29.4 Å². The van der Waals surface area contributed by atoms with Gasteiger partial charge in [-0.15, -0.1) is 0 Å². The summed E-state index contributed by atoms with van der Waals surface area (Å²) in [5.41, 5.74) is 4.29. The van der Waals surface area contributed by atoms with E-state index in [0.717, 1.165) is 5.56 Å². The molecule has 1 aromatic rings. The zero-order valence-corrected chi connectivity index (χ0v) is 10.9. The van der Waals surface area contributed by atoms with Crippen LogP contribution in [0.3, 0.4) is 0 Å². The van der Waals surface area contributed by atoms with Gasteiger partial charge in [0, 0.05) is 11.8 Å². The van der Waals surface area contributed by atoms with Gasteiger partial charge >= 0.3 is 0 Å². The predicted molar refractivity (Wildman–Crippen MR) is 73.7 cm³/mol. The Bertz CT molecular complexity index is 434. The third kappa shape index (κ3) is 3.42. The molecule has 0 atom stereocenters. The highest BCUT2D eigenvalue weighted by Gasteiger charge is 2.11. The molecular formula is C15H20N2O. The fraction of sp³-hybridized carbons (Fsp3) is 0.467. The summed E-state index contributed by atoms with van der Waals surface area (Å²) in [6.45, 7) is 1.93. The molecule has 0 aliphatic heterocycles. The van der Waals surface area contributed by atoms with Gasteiger partial charge in [-0.05, 0) is 37.3 Å². The maximum absolute atomic E-state index is 11.9. The topological polar surface area (TPSA) is 41.5 Å². The second-order valence-electron chi connectivity index (χ2n) is 4.93. The number of aryl methyl sites for hydroxylation is 1. The standard InChI is InChI=1S/C15H20N2O/c1-12-7-5-6-10-14(12)15(18)17-16-11-13-8-3-2-4-9-13/h5-7,10-11,13H,2-4,8-9H2,1H3,(H,17,18)/b16-11+. The van der Waals surface area contributed by atoms with E-state index in [4.69, 9.17) is 0 Å². The lowest BCUT2D eigenvalue weighted by molar-refractivity contribution is 0.0954. The minimum atomic E-state index is -0.125. The largest absolute Gasteiger partial charge is 0.271 e. The van der Waals surface area contributed by atoms with E-state index in [1.807, 2.05) is 37.4 Å². The first-order chi connectivity index (χ1) is 8.77. The molecule has 1 fully saturated rings. The predicted octanol–water partition coefficient (Wildman–Crippen LogP) is 3.29. The van der Waals surface area contributed by atoms with Crippen LogP contribution in [-0.4, -0.2) is 12.1 Å². The summed E-state index contributed by atoms with van der Waals surface area (Å²) in [5, 5.41) is 4.09. The van der Waals surface area contributed by atoms with Crippen LogP contribution in [0.25, 0.3) is 0 Å². The summed E-state index contributed by atoms with van der Waals surface area (Å²) in [6.07, 6.45) is 8.19. The summed E-state index contributed by atoms with van der Waals surface area (Å²) < 4.78 is 0. The zero-order chi connectivity index (χ0) is 12.8. The molecule has 0 bridgehead atoms. The van der Waals surface area contributed by atoms with E-state index in [-0.39, 0.29) is 5.91 Å². The number of hydrogen-bond donors (Lipinski definition) is 1. The number of amides is 1. The van der Waals surface area contributed by atoms with Crippen molar-refractivity contribution in [2.75, 3.05) is 0 Å². The van der Waals surface area contributed by atoms with E-state index in [2.05, 4.69) is 10.5 Å². The number of carbonyl (C=O) groups excluding carboxylic acids is 1. The second kappa shape index (κ2) is 6.34. The molecule has 1 N–H and O–H groups in total. The minimum Gasteiger partial charge on any atom is -0.267 e. The lowest BCUT2D eigenvalue weighted by atomic mass is 9.90. The number of hydrazone groups is 1. The van der Waals surface area contributed by atoms with Crippen molar-refractivity contribution >= 4 is 12.1 Å². The fourth-order valence-corrected chi connectivity index (χ4v) is 2.37. The van der Waals surface area contributed by atoms with E-state index in [1.165, 1.54) is 32.1 Å². The van der Waals surface area contributed by atoms with Crippen LogP contribution in [0.5, 0.6) is 0 Å². The van der Waals surface area contributed by atoms with Crippen LogP contribution in [0, 0.1) is 12.8 Å². The molecule has 0 saturated heterocycles. The molecule has 0 spiro atoms. The van der Waals surface area contributed by atoms with Crippen LogP contribution in [0.1, 0.15) is 48.0 Å². The van der Waals surface area contributed by atoms with Crippen LogP contribution in [-0.2, 0) is 0 Å². The molecule has 1 aliphatic carbocycles. The van der Waals surface area contributed by atoms with Gasteiger partial charge < -0.3 is 0 Å². The molecule has 0 radical (unpaired) electrons. The van der Waals surface area contributed by atoms with E-state index in [0.29, 0.717) is 11.5 Å². The van der Waals surface area contributed by atoms with Gasteiger partial charge in [0.1, 0.15) is 0 Å². The molecule has 2 rings (SSSR count). The van der Waals surface area contributed by atoms with Crippen molar-refractivity contribution in [3.8, 4) is 0 Å². The van der Waals surface area contributed by atoms with Gasteiger partial charge in [-0.25, -0.2) is 5.43 Å². The third-order valence-corrected chi connectivity index (χ3v) is 3.49. The lowest BCUT2D eigenvalue weighted by Gasteiger charge is -2.16. The summed E-state index contributed by atoms with van der Waals surface area (Å²) in [7, 11) is 0. The number of rotatable bonds is 3. The van der Waals surface area contributed by atoms with Crippen molar-refractivity contribution < 1.29 is 4.79 Å². The molecule has 96 valence electrons. The van der Waals surface area contributed by atoms with Crippen molar-refractivity contribution in [2.24, 2.45) is 11.0 Å². The highest BCUT2D eigenvalue weighted by Crippen LogP contribution is 2.21. The third-order valence-electron chi connectivity index (χ3n) is 3.49. The van der Waals surface area contributed by atoms with Gasteiger partial charge in [-0.3, -0.25) is 4.79 Å². The van der Waals surface area contributed by atoms with Crippen molar-refractivity contribution in [1.29, 1.82) is 0 Å². The van der Waals surface area contributed by atoms with E-state index in [1.54, 1.807) is 0 Å². The average molecular weight is 244 g/mol. The lowest BCUT2D eigenvalue weighted by Crippen LogP contribution is -2.20. The molecule has 3 heteroatoms. The van der Waals surface area contributed by atoms with Gasteiger partial charge in [-0.2, -0.15) is 5.10 Å². The summed E-state index contributed by atoms with van der Waals surface area (Å²) in [4.78, 5) is 11.9. The Morgan fingerprint density at radius 1 is 1.28 bits per heavy atom. The molecule has 0 aromatic heterocycles. The summed E-state index contributed by atoms with van der Waals surface area (Å²) >= 11 is 0. The normalized spacial score (nSPS) is 16.9. The van der Waals surface area contributed by atoms with Crippen LogP contribution < -0.4 is 5.43 Å². The van der Waals surface area contributed by atoms with Gasteiger partial charge in [0.2, 0.25) is 0 Å². The Labute approximate surface area is 108 Å². The zero-order valence-electron chi connectivity index (χ0n) is 10.9. The Kier molecular flexibility index (Phi) is 4.51. The first-order valence-corrected chi connectivity index (χ1v) is 6.66. The maximum atomic E-state index is 11.9. The summed E-state index contributed by atoms with van der Waals surface area (Å²) in [6, 6.07) is 7.55. The molecule has 1 aliphatic rings. The number of hydrogen-bond acceptors (Lipinski definition) is 2. The van der Waals surface area contributed by atoms with Crippen molar-refractivity contribution in [3.05, 3.63) is 35.4 Å². The van der Waals surface area contributed by atoms with Crippen LogP contribution >= 0.6 is 0 Å². The Morgan fingerprint density at radius 2 is 2.00 bits per heavy atom. The Balaban J connectivity index is 1.88. The van der Waals surface area contributed by atoms with Gasteiger partial charge in [0.15, 0.2) is 0 Å². The first kappa shape index (κ1) is 12.8. The van der Waals surface area contributed by atoms with Crippen molar-refractivity contribution in [2.45, 2.75) is 39.0 Å². The quantitative estimate of drug-likeness (QED) is 0.643. The number of nitrogens with zero attached hydrogens (tertiary/aromatic N) is 1. The van der Waals surface area contributed by atoms with E-state index >= 15 is 0 Å². The fourth-order valence-electron chi connectivity index (χ4n) is 2.37. The highest BCUT2D eigenvalue weighted by molar-refractivity contribution is 5.95. The van der Waals surface area contributed by atoms with Crippen LogP contribution in [0.4, 0.5) is 0 Å². The molecule has 1 aromatic carbocycles. The Morgan fingerprint density at radius 3 is 2.72 bits per heavy atom. The highest BCUT2D eigenvalue weighted by atomic mass is 16.2. The molecule has 18 heavy (non-hydrogen) atoms. The van der Waals surface area contributed by atoms with Crippen molar-refractivity contribution in [3.63, 3.8) is 0 Å². The molecule has 0 unspecified atom stereocenters. The first-order valence-electron chi connectivity index (χ1n) is 6.66. The molecule has 0 heterocycles. The number of nitrogens with one attached hydrogen (secondary N) is 1. The van der Waals surface area contributed by atoms with Gasteiger partial charge in [0.25, 0.3) is 5.91 Å². The SMILES string of the molecule is Cc1ccccc1C(=O)N/N=C/C1CCCCC1. The smallest absolute Gasteiger partial charge is 0.267 e.